The van der Waals surface area contributed by atoms with Crippen LogP contribution in [0.2, 0.25) is 0 Å². The normalized spacial score (nSPS) is 10.5. The highest BCUT2D eigenvalue weighted by Gasteiger charge is 2.11. The SMILES string of the molecule is CCCn1ccc(C(=O)Nc2ccc(F)c(F)c2)n1. The van der Waals surface area contributed by atoms with Gasteiger partial charge in [0.2, 0.25) is 0 Å². The Balaban J connectivity index is 2.09. The summed E-state index contributed by atoms with van der Waals surface area (Å²) in [5.74, 6) is -2.42. The van der Waals surface area contributed by atoms with E-state index in [1.807, 2.05) is 6.92 Å². The Labute approximate surface area is 109 Å². The van der Waals surface area contributed by atoms with Gasteiger partial charge in [0.25, 0.3) is 5.91 Å². The third kappa shape index (κ3) is 3.15. The zero-order chi connectivity index (χ0) is 13.8. The van der Waals surface area contributed by atoms with Gasteiger partial charge in [0.05, 0.1) is 0 Å². The van der Waals surface area contributed by atoms with Crippen molar-refractivity contribution < 1.29 is 13.6 Å². The Morgan fingerprint density at radius 3 is 2.79 bits per heavy atom. The van der Waals surface area contributed by atoms with Gasteiger partial charge in [-0.05, 0) is 24.6 Å². The van der Waals surface area contributed by atoms with Gasteiger partial charge in [0.1, 0.15) is 0 Å². The quantitative estimate of drug-likeness (QED) is 0.924. The van der Waals surface area contributed by atoms with Crippen molar-refractivity contribution in [2.75, 3.05) is 5.32 Å². The molecular formula is C13H13F2N3O. The van der Waals surface area contributed by atoms with Crippen LogP contribution in [-0.4, -0.2) is 15.7 Å². The summed E-state index contributed by atoms with van der Waals surface area (Å²) >= 11 is 0. The first-order valence-corrected chi connectivity index (χ1v) is 5.90. The van der Waals surface area contributed by atoms with Crippen LogP contribution in [-0.2, 0) is 6.54 Å². The number of hydrogen-bond donors (Lipinski definition) is 1. The maximum atomic E-state index is 13.0. The predicted octanol–water partition coefficient (Wildman–Crippen LogP) is 2.82. The number of aryl methyl sites for hydroxylation is 1. The minimum atomic E-state index is -1.01. The molecule has 1 N–H and O–H groups in total. The third-order valence-electron chi connectivity index (χ3n) is 2.50. The molecule has 1 aromatic heterocycles. The lowest BCUT2D eigenvalue weighted by molar-refractivity contribution is 0.102. The fourth-order valence-electron chi connectivity index (χ4n) is 1.61. The Kier molecular flexibility index (Phi) is 3.89. The maximum Gasteiger partial charge on any atom is 0.276 e. The van der Waals surface area contributed by atoms with Gasteiger partial charge in [-0.25, -0.2) is 8.78 Å². The van der Waals surface area contributed by atoms with Gasteiger partial charge in [0, 0.05) is 24.5 Å². The number of nitrogens with zero attached hydrogens (tertiary/aromatic N) is 2. The van der Waals surface area contributed by atoms with E-state index in [2.05, 4.69) is 10.4 Å². The fourth-order valence-corrected chi connectivity index (χ4v) is 1.61. The van der Waals surface area contributed by atoms with E-state index >= 15 is 0 Å². The van der Waals surface area contributed by atoms with E-state index in [0.717, 1.165) is 25.1 Å². The highest BCUT2D eigenvalue weighted by molar-refractivity contribution is 6.02. The monoisotopic (exact) mass is 265 g/mol. The summed E-state index contributed by atoms with van der Waals surface area (Å²) in [4.78, 5) is 11.8. The molecule has 100 valence electrons. The molecule has 4 nitrogen and oxygen atoms in total. The first-order valence-electron chi connectivity index (χ1n) is 5.90. The summed E-state index contributed by atoms with van der Waals surface area (Å²) in [6.45, 7) is 2.72. The van der Waals surface area contributed by atoms with Crippen molar-refractivity contribution in [1.82, 2.24) is 9.78 Å². The Morgan fingerprint density at radius 2 is 2.11 bits per heavy atom. The molecule has 1 heterocycles. The second-order valence-electron chi connectivity index (χ2n) is 4.05. The molecule has 6 heteroatoms. The molecule has 1 aromatic carbocycles. The van der Waals surface area contributed by atoms with E-state index < -0.39 is 17.5 Å². The Hall–Kier alpha value is -2.24. The van der Waals surface area contributed by atoms with Crippen molar-refractivity contribution in [2.24, 2.45) is 0 Å². The molecule has 0 aliphatic rings. The lowest BCUT2D eigenvalue weighted by Gasteiger charge is -2.03. The number of anilines is 1. The summed E-state index contributed by atoms with van der Waals surface area (Å²) < 4.78 is 27.4. The zero-order valence-electron chi connectivity index (χ0n) is 10.4. The molecule has 0 aliphatic carbocycles. The predicted molar refractivity (Wildman–Crippen MR) is 66.8 cm³/mol. The van der Waals surface area contributed by atoms with Gasteiger partial charge in [-0.1, -0.05) is 6.92 Å². The average Bonchev–Trinajstić information content (AvgIpc) is 2.83. The number of amides is 1. The number of aromatic nitrogens is 2. The first-order chi connectivity index (χ1) is 9.10. The van der Waals surface area contributed by atoms with E-state index in [4.69, 9.17) is 0 Å². The van der Waals surface area contributed by atoms with E-state index in [1.54, 1.807) is 16.9 Å². The van der Waals surface area contributed by atoms with E-state index in [-0.39, 0.29) is 11.4 Å². The largest absolute Gasteiger partial charge is 0.320 e. The van der Waals surface area contributed by atoms with Gasteiger partial charge >= 0.3 is 0 Å². The summed E-state index contributed by atoms with van der Waals surface area (Å²) in [5, 5.41) is 6.53. The topological polar surface area (TPSA) is 46.9 Å². The van der Waals surface area contributed by atoms with E-state index in [0.29, 0.717) is 0 Å². The summed E-state index contributed by atoms with van der Waals surface area (Å²) in [6, 6.07) is 4.75. The standard InChI is InChI=1S/C13H13F2N3O/c1-2-6-18-7-5-12(17-18)13(19)16-9-3-4-10(14)11(15)8-9/h3-5,7-8H,2,6H2,1H3,(H,16,19). The smallest absolute Gasteiger partial charge is 0.276 e. The van der Waals surface area contributed by atoms with Gasteiger partial charge < -0.3 is 5.32 Å². The minimum absolute atomic E-state index is 0.189. The van der Waals surface area contributed by atoms with Crippen molar-refractivity contribution in [3.63, 3.8) is 0 Å². The number of benzene rings is 1. The van der Waals surface area contributed by atoms with Crippen LogP contribution < -0.4 is 5.32 Å². The van der Waals surface area contributed by atoms with Crippen LogP contribution in [0.3, 0.4) is 0 Å². The van der Waals surface area contributed by atoms with Crippen LogP contribution in [0.4, 0.5) is 14.5 Å². The zero-order valence-corrected chi connectivity index (χ0v) is 10.4. The van der Waals surface area contributed by atoms with E-state index in [9.17, 15) is 13.6 Å². The second kappa shape index (κ2) is 5.60. The number of nitrogens with one attached hydrogen (secondary N) is 1. The molecule has 0 bridgehead atoms. The van der Waals surface area contributed by atoms with Crippen LogP contribution in [0.1, 0.15) is 23.8 Å². The highest BCUT2D eigenvalue weighted by Crippen LogP contribution is 2.14. The number of halogens is 2. The average molecular weight is 265 g/mol. The third-order valence-corrected chi connectivity index (χ3v) is 2.50. The molecule has 2 rings (SSSR count). The van der Waals surface area contributed by atoms with Crippen LogP contribution in [0.5, 0.6) is 0 Å². The molecular weight excluding hydrogens is 252 g/mol. The Morgan fingerprint density at radius 1 is 1.32 bits per heavy atom. The number of carbonyl (C=O) groups excluding carboxylic acids is 1. The van der Waals surface area contributed by atoms with Crippen molar-refractivity contribution in [2.45, 2.75) is 19.9 Å². The van der Waals surface area contributed by atoms with Crippen molar-refractivity contribution in [3.05, 3.63) is 47.8 Å². The summed E-state index contributed by atoms with van der Waals surface area (Å²) in [5.41, 5.74) is 0.423. The summed E-state index contributed by atoms with van der Waals surface area (Å²) in [7, 11) is 0. The number of rotatable bonds is 4. The van der Waals surface area contributed by atoms with E-state index in [1.165, 1.54) is 6.07 Å². The molecule has 0 unspecified atom stereocenters. The molecule has 0 radical (unpaired) electrons. The molecule has 0 saturated carbocycles. The van der Waals surface area contributed by atoms with Crippen LogP contribution in [0.15, 0.2) is 30.5 Å². The van der Waals surface area contributed by atoms with Gasteiger partial charge in [-0.15, -0.1) is 0 Å². The van der Waals surface area contributed by atoms with Crippen LogP contribution in [0, 0.1) is 11.6 Å². The van der Waals surface area contributed by atoms with Crippen molar-refractivity contribution in [3.8, 4) is 0 Å². The molecule has 0 fully saturated rings. The molecule has 0 aliphatic heterocycles. The fraction of sp³-hybridized carbons (Fsp3) is 0.231. The van der Waals surface area contributed by atoms with Crippen molar-refractivity contribution in [1.29, 1.82) is 0 Å². The minimum Gasteiger partial charge on any atom is -0.320 e. The van der Waals surface area contributed by atoms with Crippen molar-refractivity contribution >= 4 is 11.6 Å². The molecule has 1 amide bonds. The maximum absolute atomic E-state index is 13.0. The molecule has 19 heavy (non-hydrogen) atoms. The van der Waals surface area contributed by atoms with Crippen LogP contribution >= 0.6 is 0 Å². The Bertz CT molecular complexity index is 595. The summed E-state index contributed by atoms with van der Waals surface area (Å²) in [6.07, 6.45) is 2.61. The molecule has 0 saturated heterocycles. The van der Waals surface area contributed by atoms with Crippen LogP contribution in [0.25, 0.3) is 0 Å². The molecule has 0 spiro atoms. The lowest BCUT2D eigenvalue weighted by Crippen LogP contribution is -2.13. The second-order valence-corrected chi connectivity index (χ2v) is 4.05. The molecule has 0 atom stereocenters. The lowest BCUT2D eigenvalue weighted by atomic mass is 10.3. The number of hydrogen-bond acceptors (Lipinski definition) is 2. The number of carbonyl (C=O) groups is 1. The van der Waals surface area contributed by atoms with Gasteiger partial charge in [-0.2, -0.15) is 5.10 Å². The first kappa shape index (κ1) is 13.2. The van der Waals surface area contributed by atoms with Gasteiger partial charge in [0.15, 0.2) is 17.3 Å². The highest BCUT2D eigenvalue weighted by atomic mass is 19.2. The molecule has 2 aromatic rings. The van der Waals surface area contributed by atoms with Gasteiger partial charge in [-0.3, -0.25) is 9.48 Å².